The molecule has 2 rings (SSSR count). The number of benzene rings is 2. The lowest BCUT2D eigenvalue weighted by Gasteiger charge is -2.12. The van der Waals surface area contributed by atoms with Gasteiger partial charge in [-0.3, -0.25) is 0 Å². The predicted molar refractivity (Wildman–Crippen MR) is 105 cm³/mol. The Balaban J connectivity index is 1.58. The van der Waals surface area contributed by atoms with Crippen LogP contribution in [0, 0.1) is 0 Å². The molecule has 0 heterocycles. The Morgan fingerprint density at radius 2 is 0.846 bits per heavy atom. The number of rotatable bonds is 13. The van der Waals surface area contributed by atoms with Crippen LogP contribution in [0.15, 0.2) is 48.5 Å². The molecule has 142 valence electrons. The molecule has 0 fully saturated rings. The quantitative estimate of drug-likeness (QED) is 0.443. The van der Waals surface area contributed by atoms with Gasteiger partial charge in [0.2, 0.25) is 0 Å². The normalized spacial score (nSPS) is 10.4. The lowest BCUT2D eigenvalue weighted by molar-refractivity contribution is 0.260. The van der Waals surface area contributed by atoms with Gasteiger partial charge in [-0.25, -0.2) is 0 Å². The molecule has 0 atom stereocenters. The third kappa shape index (κ3) is 6.87. The van der Waals surface area contributed by atoms with Gasteiger partial charge in [0.15, 0.2) is 23.0 Å². The fraction of sp³-hybridized carbons (Fsp3) is 0.455. The summed E-state index contributed by atoms with van der Waals surface area (Å²) in [6.45, 7) is 6.66. The van der Waals surface area contributed by atoms with Crippen molar-refractivity contribution in [1.82, 2.24) is 0 Å². The molecule has 4 nitrogen and oxygen atoms in total. The summed E-state index contributed by atoms with van der Waals surface area (Å²) in [5, 5.41) is 0. The molecule has 0 saturated carbocycles. The van der Waals surface area contributed by atoms with Crippen LogP contribution in [-0.2, 0) is 0 Å². The molecule has 0 radical (unpaired) electrons. The SMILES string of the molecule is CCOc1ccccc1OCCCCCCOc1ccccc1OCC. The van der Waals surface area contributed by atoms with Crippen molar-refractivity contribution in [2.75, 3.05) is 26.4 Å². The molecular weight excluding hydrogens is 328 g/mol. The van der Waals surface area contributed by atoms with E-state index in [0.717, 1.165) is 48.7 Å². The van der Waals surface area contributed by atoms with Gasteiger partial charge in [-0.15, -0.1) is 0 Å². The summed E-state index contributed by atoms with van der Waals surface area (Å²) in [4.78, 5) is 0. The molecule has 0 aliphatic carbocycles. The van der Waals surface area contributed by atoms with Gasteiger partial charge in [-0.2, -0.15) is 0 Å². The Bertz CT molecular complexity index is 572. The zero-order valence-corrected chi connectivity index (χ0v) is 15.9. The summed E-state index contributed by atoms with van der Waals surface area (Å²) in [7, 11) is 0. The Kier molecular flexibility index (Phi) is 9.26. The summed E-state index contributed by atoms with van der Waals surface area (Å²) < 4.78 is 22.8. The first-order valence-electron chi connectivity index (χ1n) is 9.54. The largest absolute Gasteiger partial charge is 0.490 e. The van der Waals surface area contributed by atoms with Crippen molar-refractivity contribution in [3.8, 4) is 23.0 Å². The molecule has 0 spiro atoms. The van der Waals surface area contributed by atoms with Gasteiger partial charge in [-0.1, -0.05) is 24.3 Å². The van der Waals surface area contributed by atoms with Crippen molar-refractivity contribution < 1.29 is 18.9 Å². The maximum absolute atomic E-state index is 5.84. The van der Waals surface area contributed by atoms with Crippen LogP contribution in [0.5, 0.6) is 23.0 Å². The average molecular weight is 358 g/mol. The summed E-state index contributed by atoms with van der Waals surface area (Å²) in [5.74, 6) is 3.28. The molecular formula is C22H30O4. The molecule has 0 amide bonds. The van der Waals surface area contributed by atoms with E-state index < -0.39 is 0 Å². The highest BCUT2D eigenvalue weighted by Crippen LogP contribution is 2.27. The van der Waals surface area contributed by atoms with Crippen LogP contribution in [0.25, 0.3) is 0 Å². The van der Waals surface area contributed by atoms with Crippen LogP contribution in [0.1, 0.15) is 39.5 Å². The third-order valence-electron chi connectivity index (χ3n) is 3.85. The predicted octanol–water partition coefficient (Wildman–Crippen LogP) is 5.50. The van der Waals surface area contributed by atoms with Gasteiger partial charge < -0.3 is 18.9 Å². The van der Waals surface area contributed by atoms with E-state index in [4.69, 9.17) is 18.9 Å². The Labute approximate surface area is 157 Å². The van der Waals surface area contributed by atoms with Gasteiger partial charge in [0.05, 0.1) is 26.4 Å². The number of unbranched alkanes of at least 4 members (excludes halogenated alkanes) is 3. The monoisotopic (exact) mass is 358 g/mol. The lowest BCUT2D eigenvalue weighted by Crippen LogP contribution is -2.02. The minimum atomic E-state index is 0.646. The fourth-order valence-corrected chi connectivity index (χ4v) is 2.61. The fourth-order valence-electron chi connectivity index (χ4n) is 2.61. The molecule has 0 bridgehead atoms. The molecule has 0 N–H and O–H groups in total. The number of hydrogen-bond acceptors (Lipinski definition) is 4. The van der Waals surface area contributed by atoms with E-state index in [0.29, 0.717) is 26.4 Å². The first kappa shape index (κ1) is 20.0. The molecule has 0 aliphatic rings. The summed E-state index contributed by atoms with van der Waals surface area (Å²) in [6.07, 6.45) is 4.28. The van der Waals surface area contributed by atoms with Crippen LogP contribution in [-0.4, -0.2) is 26.4 Å². The van der Waals surface area contributed by atoms with Crippen molar-refractivity contribution >= 4 is 0 Å². The van der Waals surface area contributed by atoms with Crippen LogP contribution >= 0.6 is 0 Å². The van der Waals surface area contributed by atoms with Crippen molar-refractivity contribution in [2.45, 2.75) is 39.5 Å². The standard InChI is InChI=1S/C22H30O4/c1-3-23-19-13-7-9-15-21(19)25-17-11-5-6-12-18-26-22-16-10-8-14-20(22)24-4-2/h7-10,13-16H,3-6,11-12,17-18H2,1-2H3. The molecule has 2 aromatic rings. The number of hydrogen-bond donors (Lipinski definition) is 0. The first-order chi connectivity index (χ1) is 12.8. The van der Waals surface area contributed by atoms with Crippen molar-refractivity contribution in [2.24, 2.45) is 0 Å². The van der Waals surface area contributed by atoms with E-state index in [1.165, 1.54) is 0 Å². The van der Waals surface area contributed by atoms with Gasteiger partial charge >= 0.3 is 0 Å². The molecule has 26 heavy (non-hydrogen) atoms. The minimum absolute atomic E-state index is 0.646. The van der Waals surface area contributed by atoms with E-state index in [1.54, 1.807) is 0 Å². The second-order valence-electron chi connectivity index (χ2n) is 5.87. The molecule has 0 unspecified atom stereocenters. The second-order valence-corrected chi connectivity index (χ2v) is 5.87. The van der Waals surface area contributed by atoms with Crippen LogP contribution in [0.3, 0.4) is 0 Å². The zero-order chi connectivity index (χ0) is 18.5. The summed E-state index contributed by atoms with van der Waals surface area (Å²) in [5.41, 5.74) is 0. The van der Waals surface area contributed by atoms with Crippen LogP contribution in [0.2, 0.25) is 0 Å². The highest BCUT2D eigenvalue weighted by Gasteiger charge is 2.04. The summed E-state index contributed by atoms with van der Waals surface area (Å²) in [6, 6.07) is 15.6. The van der Waals surface area contributed by atoms with Crippen molar-refractivity contribution in [3.05, 3.63) is 48.5 Å². The highest BCUT2D eigenvalue weighted by atomic mass is 16.5. The highest BCUT2D eigenvalue weighted by molar-refractivity contribution is 5.40. The van der Waals surface area contributed by atoms with Crippen molar-refractivity contribution in [1.29, 1.82) is 0 Å². The minimum Gasteiger partial charge on any atom is -0.490 e. The Morgan fingerprint density at radius 1 is 0.500 bits per heavy atom. The smallest absolute Gasteiger partial charge is 0.161 e. The number of para-hydroxylation sites is 4. The number of ether oxygens (including phenoxy) is 4. The molecule has 0 saturated heterocycles. The van der Waals surface area contributed by atoms with Crippen molar-refractivity contribution in [3.63, 3.8) is 0 Å². The van der Waals surface area contributed by atoms with Gasteiger partial charge in [0.25, 0.3) is 0 Å². The topological polar surface area (TPSA) is 36.9 Å². The zero-order valence-electron chi connectivity index (χ0n) is 15.9. The van der Waals surface area contributed by atoms with E-state index in [-0.39, 0.29) is 0 Å². The van der Waals surface area contributed by atoms with E-state index in [2.05, 4.69) is 0 Å². The maximum Gasteiger partial charge on any atom is 0.161 e. The molecule has 4 heteroatoms. The maximum atomic E-state index is 5.84. The van der Waals surface area contributed by atoms with Crippen LogP contribution < -0.4 is 18.9 Å². The second kappa shape index (κ2) is 12.1. The van der Waals surface area contributed by atoms with Gasteiger partial charge in [0.1, 0.15) is 0 Å². The van der Waals surface area contributed by atoms with E-state index >= 15 is 0 Å². The third-order valence-corrected chi connectivity index (χ3v) is 3.85. The molecule has 0 aromatic heterocycles. The Morgan fingerprint density at radius 3 is 1.19 bits per heavy atom. The van der Waals surface area contributed by atoms with E-state index in [1.807, 2.05) is 62.4 Å². The van der Waals surface area contributed by atoms with Gasteiger partial charge in [-0.05, 0) is 63.8 Å². The Hall–Kier alpha value is -2.36. The average Bonchev–Trinajstić information content (AvgIpc) is 2.67. The molecule has 2 aromatic carbocycles. The van der Waals surface area contributed by atoms with E-state index in [9.17, 15) is 0 Å². The molecule has 0 aliphatic heterocycles. The van der Waals surface area contributed by atoms with Gasteiger partial charge in [0, 0.05) is 0 Å². The summed E-state index contributed by atoms with van der Waals surface area (Å²) >= 11 is 0. The van der Waals surface area contributed by atoms with Crippen LogP contribution in [0.4, 0.5) is 0 Å². The lowest BCUT2D eigenvalue weighted by atomic mass is 10.2. The first-order valence-corrected chi connectivity index (χ1v) is 9.54.